The van der Waals surface area contributed by atoms with E-state index in [4.69, 9.17) is 0 Å². The number of amides is 1. The van der Waals surface area contributed by atoms with Crippen LogP contribution in [0, 0.1) is 0 Å². The molecule has 0 spiro atoms. The Morgan fingerprint density at radius 2 is 1.96 bits per heavy atom. The molecule has 4 heteroatoms. The van der Waals surface area contributed by atoms with Gasteiger partial charge in [0.2, 0.25) is 0 Å². The first kappa shape index (κ1) is 15.8. The fourth-order valence-electron chi connectivity index (χ4n) is 3.56. The minimum absolute atomic E-state index is 0.0252. The van der Waals surface area contributed by atoms with Crippen LogP contribution in [0.2, 0.25) is 0 Å². The van der Waals surface area contributed by atoms with Crippen molar-refractivity contribution in [1.29, 1.82) is 0 Å². The van der Waals surface area contributed by atoms with Crippen LogP contribution in [-0.2, 0) is 0 Å². The van der Waals surface area contributed by atoms with Gasteiger partial charge in [0.05, 0.1) is 0 Å². The Labute approximate surface area is 138 Å². The summed E-state index contributed by atoms with van der Waals surface area (Å²) in [6.07, 6.45) is 5.26. The van der Waals surface area contributed by atoms with Crippen LogP contribution in [-0.4, -0.2) is 33.7 Å². The molecule has 122 valence electrons. The van der Waals surface area contributed by atoms with Gasteiger partial charge in [0, 0.05) is 31.2 Å². The third kappa shape index (κ3) is 3.16. The number of hydrogen-bond acceptors (Lipinski definition) is 2. The molecule has 1 aliphatic carbocycles. The van der Waals surface area contributed by atoms with E-state index >= 15 is 0 Å². The van der Waals surface area contributed by atoms with Gasteiger partial charge in [0.1, 0.15) is 5.69 Å². The summed E-state index contributed by atoms with van der Waals surface area (Å²) in [6.45, 7) is 4.13. The molecule has 0 N–H and O–H groups in total. The Morgan fingerprint density at radius 3 is 2.61 bits per heavy atom. The molecule has 0 unspecified atom stereocenters. The van der Waals surface area contributed by atoms with Gasteiger partial charge in [0.15, 0.2) is 0 Å². The SMILES string of the molecule is CC(C)n1ccc(C(=O)N(C)[C@@H]2CCC[C@@H]2c2ccccc2)n1. The summed E-state index contributed by atoms with van der Waals surface area (Å²) in [6, 6.07) is 12.9. The molecule has 1 saturated carbocycles. The molecule has 23 heavy (non-hydrogen) atoms. The van der Waals surface area contributed by atoms with Crippen molar-refractivity contribution in [2.75, 3.05) is 7.05 Å². The fourth-order valence-corrected chi connectivity index (χ4v) is 3.56. The molecule has 0 aliphatic heterocycles. The zero-order valence-electron chi connectivity index (χ0n) is 14.1. The Balaban J connectivity index is 1.78. The van der Waals surface area contributed by atoms with Crippen molar-refractivity contribution >= 4 is 5.91 Å². The van der Waals surface area contributed by atoms with E-state index in [0.717, 1.165) is 12.8 Å². The van der Waals surface area contributed by atoms with Crippen molar-refractivity contribution in [1.82, 2.24) is 14.7 Å². The van der Waals surface area contributed by atoms with Crippen molar-refractivity contribution in [3.63, 3.8) is 0 Å². The van der Waals surface area contributed by atoms with Crippen LogP contribution < -0.4 is 0 Å². The topological polar surface area (TPSA) is 38.1 Å². The molecule has 1 heterocycles. The van der Waals surface area contributed by atoms with Crippen molar-refractivity contribution < 1.29 is 4.79 Å². The summed E-state index contributed by atoms with van der Waals surface area (Å²) >= 11 is 0. The predicted molar refractivity (Wildman–Crippen MR) is 91.5 cm³/mol. The summed E-state index contributed by atoms with van der Waals surface area (Å²) in [4.78, 5) is 14.7. The van der Waals surface area contributed by atoms with Crippen molar-refractivity contribution in [3.8, 4) is 0 Å². The highest BCUT2D eigenvalue weighted by Gasteiger charge is 2.34. The molecular weight excluding hydrogens is 286 g/mol. The molecule has 1 fully saturated rings. The number of hydrogen-bond donors (Lipinski definition) is 0. The molecule has 2 aromatic rings. The van der Waals surface area contributed by atoms with Crippen molar-refractivity contribution in [2.24, 2.45) is 0 Å². The quantitative estimate of drug-likeness (QED) is 0.859. The normalized spacial score (nSPS) is 20.9. The van der Waals surface area contributed by atoms with Crippen LogP contribution in [0.5, 0.6) is 0 Å². The second kappa shape index (κ2) is 6.57. The van der Waals surface area contributed by atoms with Gasteiger partial charge in [-0.2, -0.15) is 5.10 Å². The van der Waals surface area contributed by atoms with Gasteiger partial charge < -0.3 is 4.90 Å². The number of rotatable bonds is 4. The third-order valence-corrected chi connectivity index (χ3v) is 4.88. The summed E-state index contributed by atoms with van der Waals surface area (Å²) in [5.41, 5.74) is 1.88. The third-order valence-electron chi connectivity index (χ3n) is 4.88. The summed E-state index contributed by atoms with van der Waals surface area (Å²) in [7, 11) is 1.92. The van der Waals surface area contributed by atoms with E-state index in [1.54, 1.807) is 0 Å². The van der Waals surface area contributed by atoms with E-state index in [9.17, 15) is 4.79 Å². The average Bonchev–Trinajstić information content (AvgIpc) is 3.23. The Hall–Kier alpha value is -2.10. The molecule has 1 aromatic carbocycles. The van der Waals surface area contributed by atoms with Gasteiger partial charge in [-0.25, -0.2) is 0 Å². The first-order valence-corrected chi connectivity index (χ1v) is 8.45. The summed E-state index contributed by atoms with van der Waals surface area (Å²) < 4.78 is 1.84. The second-order valence-corrected chi connectivity index (χ2v) is 6.71. The Morgan fingerprint density at radius 1 is 1.22 bits per heavy atom. The van der Waals surface area contributed by atoms with E-state index in [1.165, 1.54) is 12.0 Å². The number of benzene rings is 1. The highest BCUT2D eigenvalue weighted by atomic mass is 16.2. The van der Waals surface area contributed by atoms with Crippen molar-refractivity contribution in [2.45, 2.75) is 51.1 Å². The lowest BCUT2D eigenvalue weighted by Gasteiger charge is -2.29. The van der Waals surface area contributed by atoms with Crippen molar-refractivity contribution in [3.05, 3.63) is 53.9 Å². The smallest absolute Gasteiger partial charge is 0.274 e. The maximum atomic E-state index is 12.8. The molecule has 1 amide bonds. The lowest BCUT2D eigenvalue weighted by Crippen LogP contribution is -2.38. The molecule has 3 rings (SSSR count). The van der Waals surface area contributed by atoms with Gasteiger partial charge >= 0.3 is 0 Å². The summed E-state index contributed by atoms with van der Waals surface area (Å²) in [5.74, 6) is 0.453. The standard InChI is InChI=1S/C19H25N3O/c1-14(2)22-13-12-17(20-22)19(23)21(3)18-11-7-10-16(18)15-8-5-4-6-9-15/h4-6,8-9,12-14,16,18H,7,10-11H2,1-3H3/t16-,18-/m1/s1. The van der Waals surface area contributed by atoms with E-state index in [0.29, 0.717) is 11.6 Å². The highest BCUT2D eigenvalue weighted by molar-refractivity contribution is 5.92. The molecule has 2 atom stereocenters. The van der Waals surface area contributed by atoms with E-state index in [1.807, 2.05) is 35.0 Å². The van der Waals surface area contributed by atoms with Crippen LogP contribution in [0.15, 0.2) is 42.6 Å². The largest absolute Gasteiger partial charge is 0.337 e. The minimum atomic E-state index is 0.0252. The van der Waals surface area contributed by atoms with Gasteiger partial charge in [-0.1, -0.05) is 36.8 Å². The van der Waals surface area contributed by atoms with Gasteiger partial charge in [-0.15, -0.1) is 0 Å². The van der Waals surface area contributed by atoms with Crippen LogP contribution in [0.25, 0.3) is 0 Å². The molecule has 0 radical (unpaired) electrons. The first-order valence-electron chi connectivity index (χ1n) is 8.45. The summed E-state index contributed by atoms with van der Waals surface area (Å²) in [5, 5.41) is 4.43. The molecule has 1 aromatic heterocycles. The Bertz CT molecular complexity index is 662. The highest BCUT2D eigenvalue weighted by Crippen LogP contribution is 2.37. The van der Waals surface area contributed by atoms with E-state index in [-0.39, 0.29) is 18.0 Å². The van der Waals surface area contributed by atoms with Crippen LogP contribution in [0.1, 0.15) is 61.1 Å². The monoisotopic (exact) mass is 311 g/mol. The molecular formula is C19H25N3O. The molecule has 4 nitrogen and oxygen atoms in total. The minimum Gasteiger partial charge on any atom is -0.337 e. The van der Waals surface area contributed by atoms with Gasteiger partial charge in [-0.3, -0.25) is 9.48 Å². The zero-order valence-corrected chi connectivity index (χ0v) is 14.1. The maximum absolute atomic E-state index is 12.8. The molecule has 1 aliphatic rings. The molecule has 0 saturated heterocycles. The van der Waals surface area contributed by atoms with E-state index < -0.39 is 0 Å². The van der Waals surface area contributed by atoms with Crippen LogP contribution in [0.4, 0.5) is 0 Å². The van der Waals surface area contributed by atoms with Crippen LogP contribution in [0.3, 0.4) is 0 Å². The van der Waals surface area contributed by atoms with E-state index in [2.05, 4.69) is 43.2 Å². The Kier molecular flexibility index (Phi) is 4.51. The predicted octanol–water partition coefficient (Wildman–Crippen LogP) is 3.87. The average molecular weight is 311 g/mol. The first-order chi connectivity index (χ1) is 11.1. The number of carbonyl (C=O) groups excluding carboxylic acids is 1. The van der Waals surface area contributed by atoms with Gasteiger partial charge in [-0.05, 0) is 38.3 Å². The molecule has 0 bridgehead atoms. The maximum Gasteiger partial charge on any atom is 0.274 e. The zero-order chi connectivity index (χ0) is 16.4. The number of aromatic nitrogens is 2. The second-order valence-electron chi connectivity index (χ2n) is 6.71. The lowest BCUT2D eigenvalue weighted by atomic mass is 9.93. The number of nitrogens with zero attached hydrogens (tertiary/aromatic N) is 3. The number of likely N-dealkylation sites (N-methyl/N-ethyl adjacent to an activating group) is 1. The van der Waals surface area contributed by atoms with Crippen LogP contribution >= 0.6 is 0 Å². The fraction of sp³-hybridized carbons (Fsp3) is 0.474. The van der Waals surface area contributed by atoms with Gasteiger partial charge in [0.25, 0.3) is 5.91 Å². The lowest BCUT2D eigenvalue weighted by molar-refractivity contribution is 0.0715. The number of carbonyl (C=O) groups is 1.